The first-order valence-corrected chi connectivity index (χ1v) is 7.33. The minimum absolute atomic E-state index is 0.435. The Bertz CT molecular complexity index is 915. The number of fused-ring (bicyclic) bond motifs is 1. The number of nitrogens with zero attached hydrogens (tertiary/aromatic N) is 2. The van der Waals surface area contributed by atoms with Gasteiger partial charge in [-0.05, 0) is 30.7 Å². The van der Waals surface area contributed by atoms with Crippen LogP contribution in [0, 0.1) is 18.3 Å². The van der Waals surface area contributed by atoms with E-state index in [9.17, 15) is 5.26 Å². The number of aromatic nitrogens is 2. The van der Waals surface area contributed by atoms with Crippen molar-refractivity contribution in [2.24, 2.45) is 5.73 Å². The third-order valence-electron chi connectivity index (χ3n) is 3.79. The van der Waals surface area contributed by atoms with Gasteiger partial charge in [0.1, 0.15) is 6.07 Å². The molecule has 0 atom stereocenters. The van der Waals surface area contributed by atoms with E-state index in [-0.39, 0.29) is 0 Å². The highest BCUT2D eigenvalue weighted by Gasteiger charge is 2.10. The van der Waals surface area contributed by atoms with E-state index in [0.717, 1.165) is 33.4 Å². The van der Waals surface area contributed by atoms with Gasteiger partial charge >= 0.3 is 0 Å². The number of anilines is 2. The Morgan fingerprint density at radius 1 is 1.35 bits per heavy atom. The van der Waals surface area contributed by atoms with Crippen LogP contribution in [0.2, 0.25) is 0 Å². The summed E-state index contributed by atoms with van der Waals surface area (Å²) in [6.45, 7) is 2.49. The van der Waals surface area contributed by atoms with E-state index in [2.05, 4.69) is 28.3 Å². The molecule has 5 nitrogen and oxygen atoms in total. The first-order valence-electron chi connectivity index (χ1n) is 7.33. The Morgan fingerprint density at radius 3 is 3.00 bits per heavy atom. The van der Waals surface area contributed by atoms with Crippen LogP contribution >= 0.6 is 0 Å². The molecule has 3 rings (SSSR count). The molecule has 23 heavy (non-hydrogen) atoms. The maximum Gasteiger partial charge on any atom is 0.103 e. The minimum atomic E-state index is 0.435. The molecule has 114 valence electrons. The molecule has 0 saturated heterocycles. The summed E-state index contributed by atoms with van der Waals surface area (Å²) < 4.78 is 0. The van der Waals surface area contributed by atoms with Gasteiger partial charge in [0.2, 0.25) is 0 Å². The highest BCUT2D eigenvalue weighted by atomic mass is 14.9. The molecule has 0 aliphatic rings. The molecule has 0 spiro atoms. The molecule has 3 aromatic rings. The fourth-order valence-corrected chi connectivity index (χ4v) is 2.58. The van der Waals surface area contributed by atoms with Gasteiger partial charge in [-0.25, -0.2) is 0 Å². The van der Waals surface area contributed by atoms with Crippen molar-refractivity contribution in [3.63, 3.8) is 0 Å². The average Bonchev–Trinajstić information content (AvgIpc) is 3.05. The maximum atomic E-state index is 9.37. The van der Waals surface area contributed by atoms with Gasteiger partial charge in [-0.3, -0.25) is 4.98 Å². The van der Waals surface area contributed by atoms with Gasteiger partial charge in [-0.15, -0.1) is 0 Å². The van der Waals surface area contributed by atoms with E-state index in [4.69, 9.17) is 5.73 Å². The number of hydrogen-bond acceptors (Lipinski definition) is 4. The first-order chi connectivity index (χ1) is 11.2. The van der Waals surface area contributed by atoms with E-state index in [1.807, 2.05) is 36.5 Å². The zero-order valence-corrected chi connectivity index (χ0v) is 12.8. The van der Waals surface area contributed by atoms with Crippen LogP contribution in [0.15, 0.2) is 42.9 Å². The number of benzene rings is 1. The molecular weight excluding hydrogens is 286 g/mol. The van der Waals surface area contributed by atoms with E-state index < -0.39 is 0 Å². The van der Waals surface area contributed by atoms with Crippen molar-refractivity contribution in [3.8, 4) is 6.07 Å². The number of aryl methyl sites for hydroxylation is 1. The lowest BCUT2D eigenvalue weighted by molar-refractivity contribution is 1.25. The van der Waals surface area contributed by atoms with Crippen molar-refractivity contribution < 1.29 is 0 Å². The molecule has 0 saturated carbocycles. The summed E-state index contributed by atoms with van der Waals surface area (Å²) in [7, 11) is 0. The fraction of sp³-hybridized carbons (Fsp3) is 0.111. The molecule has 2 aromatic heterocycles. The van der Waals surface area contributed by atoms with Crippen molar-refractivity contribution in [1.29, 1.82) is 5.26 Å². The highest BCUT2D eigenvalue weighted by molar-refractivity contribution is 5.89. The lowest BCUT2D eigenvalue weighted by atomic mass is 10.1. The predicted octanol–water partition coefficient (Wildman–Crippen LogP) is 3.46. The van der Waals surface area contributed by atoms with Crippen LogP contribution in [0.25, 0.3) is 17.0 Å². The molecule has 5 heteroatoms. The molecule has 0 unspecified atom stereocenters. The second-order valence-electron chi connectivity index (χ2n) is 5.20. The number of nitriles is 1. The van der Waals surface area contributed by atoms with Gasteiger partial charge in [0, 0.05) is 47.3 Å². The lowest BCUT2D eigenvalue weighted by Crippen LogP contribution is -2.00. The molecule has 2 heterocycles. The molecule has 0 aliphatic heterocycles. The molecule has 0 amide bonds. The highest BCUT2D eigenvalue weighted by Crippen LogP contribution is 2.30. The Balaban J connectivity index is 2.09. The summed E-state index contributed by atoms with van der Waals surface area (Å²) in [5, 5.41) is 13.9. The van der Waals surface area contributed by atoms with E-state index in [0.29, 0.717) is 12.1 Å². The van der Waals surface area contributed by atoms with Crippen LogP contribution in [0.1, 0.15) is 16.7 Å². The number of nitrogens with one attached hydrogen (secondary N) is 2. The second-order valence-corrected chi connectivity index (χ2v) is 5.20. The molecule has 1 aromatic carbocycles. The van der Waals surface area contributed by atoms with Crippen LogP contribution in [-0.4, -0.2) is 16.5 Å². The number of rotatable bonds is 4. The average molecular weight is 303 g/mol. The van der Waals surface area contributed by atoms with Crippen LogP contribution in [0.4, 0.5) is 11.4 Å². The van der Waals surface area contributed by atoms with Crippen molar-refractivity contribution in [2.45, 2.75) is 6.92 Å². The molecule has 0 radical (unpaired) electrons. The zero-order chi connectivity index (χ0) is 16.2. The Hall–Kier alpha value is -3.10. The quantitative estimate of drug-likeness (QED) is 0.688. The molecule has 0 bridgehead atoms. The molecule has 4 N–H and O–H groups in total. The Morgan fingerprint density at radius 2 is 2.22 bits per heavy atom. The largest absolute Gasteiger partial charge is 0.361 e. The van der Waals surface area contributed by atoms with Crippen LogP contribution in [-0.2, 0) is 0 Å². The van der Waals surface area contributed by atoms with Crippen molar-refractivity contribution in [3.05, 3.63) is 59.6 Å². The van der Waals surface area contributed by atoms with Gasteiger partial charge in [0.25, 0.3) is 0 Å². The van der Waals surface area contributed by atoms with E-state index in [1.54, 1.807) is 12.4 Å². The third-order valence-corrected chi connectivity index (χ3v) is 3.79. The van der Waals surface area contributed by atoms with Crippen LogP contribution < -0.4 is 11.1 Å². The number of nitrogens with two attached hydrogens (primary N) is 1. The Kier molecular flexibility index (Phi) is 4.09. The topological polar surface area (TPSA) is 90.5 Å². The van der Waals surface area contributed by atoms with Crippen molar-refractivity contribution in [1.82, 2.24) is 9.97 Å². The minimum Gasteiger partial charge on any atom is -0.361 e. The number of aromatic amines is 1. The SMILES string of the molecule is Cc1c(Nc2c(C#N)cncc2/C=C/CN)ccc2[nH]ccc12. The Labute approximate surface area is 134 Å². The molecule has 0 fully saturated rings. The summed E-state index contributed by atoms with van der Waals surface area (Å²) >= 11 is 0. The standard InChI is InChI=1S/C18H17N5/c1-12-15-6-8-22-17(15)5-4-16(12)23-18-13(3-2-7-19)10-21-11-14(18)9-20/h2-6,8,10-11,22H,7,19H2,1H3,(H,21,23)/b3-2+. The second kappa shape index (κ2) is 6.34. The predicted molar refractivity (Wildman–Crippen MR) is 93.4 cm³/mol. The smallest absolute Gasteiger partial charge is 0.103 e. The van der Waals surface area contributed by atoms with E-state index in [1.165, 1.54) is 0 Å². The fourth-order valence-electron chi connectivity index (χ4n) is 2.58. The van der Waals surface area contributed by atoms with Crippen molar-refractivity contribution >= 4 is 28.4 Å². The zero-order valence-electron chi connectivity index (χ0n) is 12.8. The number of hydrogen-bond donors (Lipinski definition) is 3. The van der Waals surface area contributed by atoms with Gasteiger partial charge in [0.15, 0.2) is 0 Å². The van der Waals surface area contributed by atoms with Crippen LogP contribution in [0.5, 0.6) is 0 Å². The number of pyridine rings is 1. The molecular formula is C18H17N5. The summed E-state index contributed by atoms with van der Waals surface area (Å²) in [4.78, 5) is 7.31. The molecule has 0 aliphatic carbocycles. The van der Waals surface area contributed by atoms with Gasteiger partial charge in [-0.2, -0.15) is 5.26 Å². The normalized spacial score (nSPS) is 11.0. The van der Waals surface area contributed by atoms with Gasteiger partial charge < -0.3 is 16.0 Å². The van der Waals surface area contributed by atoms with E-state index >= 15 is 0 Å². The monoisotopic (exact) mass is 303 g/mol. The van der Waals surface area contributed by atoms with Crippen molar-refractivity contribution in [2.75, 3.05) is 11.9 Å². The maximum absolute atomic E-state index is 9.37. The van der Waals surface area contributed by atoms with Crippen LogP contribution in [0.3, 0.4) is 0 Å². The summed E-state index contributed by atoms with van der Waals surface area (Å²) in [6.07, 6.45) is 8.92. The summed E-state index contributed by atoms with van der Waals surface area (Å²) in [6, 6.07) is 8.26. The van der Waals surface area contributed by atoms with Gasteiger partial charge in [0.05, 0.1) is 11.3 Å². The lowest BCUT2D eigenvalue weighted by Gasteiger charge is -2.14. The first kappa shape index (κ1) is 14.8. The third kappa shape index (κ3) is 2.80. The summed E-state index contributed by atoms with van der Waals surface area (Å²) in [5.74, 6) is 0. The number of H-pyrrole nitrogens is 1. The van der Waals surface area contributed by atoms with Gasteiger partial charge in [-0.1, -0.05) is 12.2 Å². The summed E-state index contributed by atoms with van der Waals surface area (Å²) in [5.41, 5.74) is 10.8.